The minimum atomic E-state index is -0.00799. The summed E-state index contributed by atoms with van der Waals surface area (Å²) in [5, 5.41) is 0. The highest BCUT2D eigenvalue weighted by atomic mass is 15.0. The number of fused-ring (bicyclic) bond motifs is 3. The molecule has 0 fully saturated rings. The number of allylic oxidation sites excluding steroid dienone is 1. The van der Waals surface area contributed by atoms with Crippen molar-refractivity contribution in [3.05, 3.63) is 84.6 Å². The second-order valence-electron chi connectivity index (χ2n) is 8.57. The van der Waals surface area contributed by atoms with Crippen LogP contribution in [0, 0.1) is 0 Å². The maximum atomic E-state index is 4.65. The summed E-state index contributed by atoms with van der Waals surface area (Å²) in [6.45, 7) is 11.5. The number of hydrogen-bond donors (Lipinski definition) is 0. The molecule has 2 aromatic carbocycles. The Hall–Kier alpha value is -2.67. The molecule has 154 valence electrons. The molecule has 0 radical (unpaired) electrons. The van der Waals surface area contributed by atoms with E-state index in [0.29, 0.717) is 0 Å². The fourth-order valence-corrected chi connectivity index (χ4v) is 5.22. The summed E-state index contributed by atoms with van der Waals surface area (Å²) in [6, 6.07) is 22.3. The Kier molecular flexibility index (Phi) is 5.90. The van der Waals surface area contributed by atoms with Crippen LogP contribution in [-0.2, 0) is 11.8 Å². The van der Waals surface area contributed by atoms with Crippen LogP contribution < -0.4 is 4.57 Å². The quantitative estimate of drug-likeness (QED) is 0.286. The molecule has 1 heteroatoms. The number of unbranched alkanes of at least 4 members (excludes halogenated alkanes) is 2. The highest BCUT2D eigenvalue weighted by molar-refractivity contribution is 5.76. The van der Waals surface area contributed by atoms with Gasteiger partial charge in [0.2, 0.25) is 5.69 Å². The molecule has 2 heterocycles. The number of pyridine rings is 1. The second-order valence-corrected chi connectivity index (χ2v) is 8.57. The first-order valence-corrected chi connectivity index (χ1v) is 11.6. The lowest BCUT2D eigenvalue weighted by Gasteiger charge is -2.36. The second kappa shape index (κ2) is 8.60. The lowest BCUT2D eigenvalue weighted by atomic mass is 9.69. The lowest BCUT2D eigenvalue weighted by molar-refractivity contribution is -0.577. The van der Waals surface area contributed by atoms with Gasteiger partial charge in [-0.05, 0) is 55.0 Å². The molecular formula is C29H34N+. The normalized spacial score (nSPS) is 14.3. The van der Waals surface area contributed by atoms with Crippen LogP contribution in [0.15, 0.2) is 73.4 Å². The Morgan fingerprint density at radius 3 is 2.23 bits per heavy atom. The average molecular weight is 397 g/mol. The number of hydrogen-bond acceptors (Lipinski definition) is 0. The van der Waals surface area contributed by atoms with Gasteiger partial charge < -0.3 is 0 Å². The third-order valence-corrected chi connectivity index (χ3v) is 7.08. The molecular weight excluding hydrogens is 362 g/mol. The average Bonchev–Trinajstić information content (AvgIpc) is 2.80. The maximum absolute atomic E-state index is 4.65. The molecule has 1 aliphatic heterocycles. The molecule has 0 atom stereocenters. The summed E-state index contributed by atoms with van der Waals surface area (Å²) >= 11 is 0. The van der Waals surface area contributed by atoms with Crippen molar-refractivity contribution in [3.63, 3.8) is 0 Å². The number of rotatable bonds is 7. The molecule has 0 bridgehead atoms. The molecule has 0 saturated carbocycles. The van der Waals surface area contributed by atoms with Crippen LogP contribution in [0.4, 0.5) is 0 Å². The molecule has 0 N–H and O–H groups in total. The van der Waals surface area contributed by atoms with Crippen LogP contribution in [-0.4, -0.2) is 0 Å². The summed E-state index contributed by atoms with van der Waals surface area (Å²) < 4.78 is 2.39. The van der Waals surface area contributed by atoms with Crippen molar-refractivity contribution in [1.29, 1.82) is 0 Å². The standard InChI is InChI=1S/C29H34N/c1-5-8-10-17-24-20-28-25-18-13-14-19-27(25)29(6-2,7-3)22(4)30(28)21-26(24)23-15-11-9-12-16-23/h9,11-16,18-21H,4-8,10,17H2,1-3H3/q+1. The van der Waals surface area contributed by atoms with Gasteiger partial charge in [0.15, 0.2) is 11.9 Å². The van der Waals surface area contributed by atoms with Crippen LogP contribution in [0.3, 0.4) is 0 Å². The van der Waals surface area contributed by atoms with E-state index in [2.05, 4.69) is 98.8 Å². The summed E-state index contributed by atoms with van der Waals surface area (Å²) in [6.07, 6.45) is 9.36. The molecule has 3 aromatic rings. The number of aromatic nitrogens is 1. The van der Waals surface area contributed by atoms with Crippen molar-refractivity contribution in [3.8, 4) is 22.4 Å². The van der Waals surface area contributed by atoms with Gasteiger partial charge in [0, 0.05) is 11.6 Å². The predicted octanol–water partition coefficient (Wildman–Crippen LogP) is 7.58. The first kappa shape index (κ1) is 20.6. The van der Waals surface area contributed by atoms with Gasteiger partial charge in [0.25, 0.3) is 0 Å². The predicted molar refractivity (Wildman–Crippen MR) is 128 cm³/mol. The van der Waals surface area contributed by atoms with Crippen LogP contribution >= 0.6 is 0 Å². The monoisotopic (exact) mass is 396 g/mol. The van der Waals surface area contributed by atoms with E-state index in [4.69, 9.17) is 0 Å². The molecule has 0 spiro atoms. The highest BCUT2D eigenvalue weighted by Crippen LogP contribution is 2.46. The van der Waals surface area contributed by atoms with Gasteiger partial charge in [-0.3, -0.25) is 0 Å². The highest BCUT2D eigenvalue weighted by Gasteiger charge is 2.45. The fraction of sp³-hybridized carbons (Fsp3) is 0.345. The molecule has 0 aliphatic carbocycles. The Morgan fingerprint density at radius 2 is 1.53 bits per heavy atom. The molecule has 1 nitrogen and oxygen atoms in total. The molecule has 0 unspecified atom stereocenters. The van der Waals surface area contributed by atoms with Crippen LogP contribution in [0.2, 0.25) is 0 Å². The van der Waals surface area contributed by atoms with Gasteiger partial charge in [-0.1, -0.05) is 82.1 Å². The van der Waals surface area contributed by atoms with Gasteiger partial charge in [0.05, 0.1) is 11.0 Å². The van der Waals surface area contributed by atoms with Gasteiger partial charge >= 0.3 is 0 Å². The van der Waals surface area contributed by atoms with E-state index in [0.717, 1.165) is 19.3 Å². The Balaban J connectivity index is 1.96. The summed E-state index contributed by atoms with van der Waals surface area (Å²) in [5.41, 5.74) is 9.38. The summed E-state index contributed by atoms with van der Waals surface area (Å²) in [4.78, 5) is 0. The third kappa shape index (κ3) is 3.31. The van der Waals surface area contributed by atoms with Gasteiger partial charge in [-0.15, -0.1) is 0 Å². The van der Waals surface area contributed by atoms with E-state index in [9.17, 15) is 0 Å². The largest absolute Gasteiger partial charge is 0.218 e. The molecule has 0 amide bonds. The van der Waals surface area contributed by atoms with E-state index in [1.807, 2.05) is 0 Å². The molecule has 1 aromatic heterocycles. The molecule has 0 saturated heterocycles. The summed E-state index contributed by atoms with van der Waals surface area (Å²) in [5.74, 6) is 0. The van der Waals surface area contributed by atoms with Gasteiger partial charge in [-0.25, -0.2) is 0 Å². The van der Waals surface area contributed by atoms with Crippen LogP contribution in [0.1, 0.15) is 64.0 Å². The SMILES string of the molecule is C=C1[n+]2cc(-c3ccccc3)c(CCCCC)cc2-c2ccccc2C1(CC)CC. The first-order valence-electron chi connectivity index (χ1n) is 11.6. The van der Waals surface area contributed by atoms with Crippen molar-refractivity contribution in [2.24, 2.45) is 0 Å². The minimum absolute atomic E-state index is 0.00799. The van der Waals surface area contributed by atoms with Crippen molar-refractivity contribution in [1.82, 2.24) is 0 Å². The maximum Gasteiger partial charge on any atom is 0.218 e. The van der Waals surface area contributed by atoms with E-state index >= 15 is 0 Å². The first-order chi connectivity index (χ1) is 14.7. The van der Waals surface area contributed by atoms with E-state index in [-0.39, 0.29) is 5.41 Å². The Morgan fingerprint density at radius 1 is 0.833 bits per heavy atom. The molecule has 30 heavy (non-hydrogen) atoms. The third-order valence-electron chi connectivity index (χ3n) is 7.08. The topological polar surface area (TPSA) is 3.88 Å². The van der Waals surface area contributed by atoms with Gasteiger partial charge in [-0.2, -0.15) is 4.57 Å². The van der Waals surface area contributed by atoms with E-state index in [1.54, 1.807) is 0 Å². The van der Waals surface area contributed by atoms with Crippen molar-refractivity contribution in [2.75, 3.05) is 0 Å². The Labute approximate surface area is 182 Å². The van der Waals surface area contributed by atoms with Crippen molar-refractivity contribution in [2.45, 2.75) is 64.7 Å². The van der Waals surface area contributed by atoms with Gasteiger partial charge in [0.1, 0.15) is 0 Å². The van der Waals surface area contributed by atoms with Crippen molar-refractivity contribution < 1.29 is 4.57 Å². The number of nitrogens with zero attached hydrogens (tertiary/aromatic N) is 1. The smallest absolute Gasteiger partial charge is 0.163 e. The zero-order valence-corrected chi connectivity index (χ0v) is 18.7. The van der Waals surface area contributed by atoms with Crippen LogP contribution in [0.5, 0.6) is 0 Å². The minimum Gasteiger partial charge on any atom is -0.163 e. The Bertz CT molecular complexity index is 1040. The molecule has 4 rings (SSSR count). The van der Waals surface area contributed by atoms with E-state index < -0.39 is 0 Å². The zero-order valence-electron chi connectivity index (χ0n) is 18.7. The zero-order chi connectivity index (χ0) is 21.1. The van der Waals surface area contributed by atoms with Crippen molar-refractivity contribution >= 4 is 5.70 Å². The number of benzene rings is 2. The van der Waals surface area contributed by atoms with E-state index in [1.165, 1.54) is 58.5 Å². The fourth-order valence-electron chi connectivity index (χ4n) is 5.22. The van der Waals surface area contributed by atoms with Crippen LogP contribution in [0.25, 0.3) is 28.1 Å². The number of aryl methyl sites for hydroxylation is 1. The molecule has 1 aliphatic rings. The lowest BCUT2D eigenvalue weighted by Crippen LogP contribution is -2.49. The summed E-state index contributed by atoms with van der Waals surface area (Å²) in [7, 11) is 0.